The zero-order valence-corrected chi connectivity index (χ0v) is 25.6. The number of carboxylic acid groups (broad SMARTS) is 4. The third kappa shape index (κ3) is 20.7. The largest absolute Gasteiger partial charge is 3.00 e. The van der Waals surface area contributed by atoms with Gasteiger partial charge in [0.2, 0.25) is 0 Å². The van der Waals surface area contributed by atoms with E-state index in [1.165, 1.54) is 19.6 Å². The Kier molecular flexibility index (Phi) is 24.7. The van der Waals surface area contributed by atoms with Crippen molar-refractivity contribution in [2.45, 2.75) is 24.4 Å². The molecule has 0 aromatic rings. The molecule has 0 amide bonds. The summed E-state index contributed by atoms with van der Waals surface area (Å²) in [5.41, 5.74) is 0. The number of hydrogen-bond donors (Lipinski definition) is 6. The van der Waals surface area contributed by atoms with Gasteiger partial charge in [0, 0.05) is 85.1 Å². The van der Waals surface area contributed by atoms with E-state index in [1.807, 2.05) is 0 Å². The second kappa shape index (κ2) is 24.2. The topological polar surface area (TPSA) is 287 Å². The smallest absolute Gasteiger partial charge is 0.549 e. The Morgan fingerprint density at radius 1 is 0.619 bits per heavy atom. The maximum Gasteiger partial charge on any atom is 3.00 e. The van der Waals surface area contributed by atoms with Gasteiger partial charge in [0.25, 0.3) is 0 Å². The molecule has 6 N–H and O–H groups in total. The minimum Gasteiger partial charge on any atom is -0.549 e. The number of aliphatic hydroxyl groups is 5. The summed E-state index contributed by atoms with van der Waals surface area (Å²) in [6.45, 7) is -0.414. The van der Waals surface area contributed by atoms with Gasteiger partial charge in [-0.3, -0.25) is 19.6 Å². The molecule has 18 nitrogen and oxygen atoms in total. The van der Waals surface area contributed by atoms with Crippen LogP contribution in [0.5, 0.6) is 0 Å². The van der Waals surface area contributed by atoms with Gasteiger partial charge in [0.15, 0.2) is 0 Å². The third-order valence-corrected chi connectivity index (χ3v) is 6.08. The third-order valence-electron chi connectivity index (χ3n) is 6.08. The molecule has 1 aliphatic heterocycles. The predicted molar refractivity (Wildman–Crippen MR) is 132 cm³/mol. The number of aliphatic hydroxyl groups excluding tert-OH is 5. The predicted octanol–water partition coefficient (Wildman–Crippen LogP) is -11.0. The van der Waals surface area contributed by atoms with Crippen LogP contribution in [0.15, 0.2) is 0 Å². The summed E-state index contributed by atoms with van der Waals surface area (Å²) in [6, 6.07) is 0. The van der Waals surface area contributed by atoms with Crippen LogP contribution in [0.25, 0.3) is 0 Å². The van der Waals surface area contributed by atoms with Crippen molar-refractivity contribution in [3.05, 3.63) is 0 Å². The molecule has 1 radical (unpaired) electrons. The Labute approximate surface area is 277 Å². The second-order valence-electron chi connectivity index (χ2n) is 9.45. The van der Waals surface area contributed by atoms with Gasteiger partial charge in [-0.15, -0.1) is 0 Å². The minimum atomic E-state index is -1.55. The molecular formula is C23H42GdN5O13. The van der Waals surface area contributed by atoms with Crippen molar-refractivity contribution in [2.24, 2.45) is 0 Å². The van der Waals surface area contributed by atoms with Gasteiger partial charge in [-0.1, -0.05) is 0 Å². The summed E-state index contributed by atoms with van der Waals surface area (Å²) in [7, 11) is 1.57. The van der Waals surface area contributed by atoms with Crippen LogP contribution < -0.4 is 25.7 Å². The van der Waals surface area contributed by atoms with Gasteiger partial charge >= 0.3 is 41.4 Å². The van der Waals surface area contributed by atoms with Gasteiger partial charge in [-0.2, -0.15) is 0 Å². The number of carbonyl (C=O) groups excluding carboxylic acids is 4. The minimum absolute atomic E-state index is 0. The van der Waals surface area contributed by atoms with Crippen LogP contribution in [0.2, 0.25) is 0 Å². The molecule has 42 heavy (non-hydrogen) atoms. The molecule has 4 atom stereocenters. The standard InChI is InChI=1S/C16H28N4O8.C7H17NO5.Gd/c21-13(22)9-17-1-2-18(10-14(23)24)5-6-20(12-16(27)28)8-7-19(4-3-17)11-15(25)26;1-8-2-4(10)6(12)7(13)5(11)3-9;/h1-12H2,(H,21,22)(H,23,24)(H,25,26)(H,27,28);4-13H,2-3H2,1H3;/q;;+3/p-3. The normalized spacial score (nSPS) is 19.4. The number of likely N-dealkylation sites (N-methyl/N-ethyl adjacent to an activating group) is 1. The number of nitrogens with one attached hydrogen (secondary N) is 1. The Balaban J connectivity index is -0.000000907. The quantitative estimate of drug-likeness (QED) is 0.0960. The molecule has 0 aliphatic carbocycles. The van der Waals surface area contributed by atoms with E-state index in [4.69, 9.17) is 20.4 Å². The molecule has 0 saturated carbocycles. The van der Waals surface area contributed by atoms with Gasteiger partial charge in [-0.05, 0) is 7.05 Å². The van der Waals surface area contributed by atoms with E-state index in [-0.39, 0.29) is 126 Å². The van der Waals surface area contributed by atoms with Crippen LogP contribution >= 0.6 is 0 Å². The zero-order valence-electron chi connectivity index (χ0n) is 24.4. The van der Waals surface area contributed by atoms with Gasteiger partial charge in [0.05, 0.1) is 36.6 Å². The SMILES string of the molecule is CNCC(O)C(O)C(O)C(O)CO.O=C([O-])CN1CCN(CC(=O)[O-])CCN(CC(=O)[O-])CCN(CC(=O)[O-])CC1.[Gd+3].[H+]. The fourth-order valence-electron chi connectivity index (χ4n) is 3.83. The average molecular weight is 754 g/mol. The zero-order chi connectivity index (χ0) is 31.5. The van der Waals surface area contributed by atoms with Crippen LogP contribution in [0.1, 0.15) is 1.43 Å². The molecule has 4 unspecified atom stereocenters. The van der Waals surface area contributed by atoms with Crippen LogP contribution in [0.3, 0.4) is 0 Å². The van der Waals surface area contributed by atoms with Crippen molar-refractivity contribution < 1.29 is 107 Å². The fourth-order valence-corrected chi connectivity index (χ4v) is 3.83. The molecule has 0 spiro atoms. The van der Waals surface area contributed by atoms with Crippen molar-refractivity contribution in [1.29, 1.82) is 0 Å². The molecule has 0 bridgehead atoms. The second-order valence-corrected chi connectivity index (χ2v) is 9.45. The van der Waals surface area contributed by atoms with E-state index in [0.29, 0.717) is 0 Å². The number of rotatable bonds is 14. The fraction of sp³-hybridized carbons (Fsp3) is 0.826. The maximum absolute atomic E-state index is 11.0. The molecule has 0 aromatic heterocycles. The van der Waals surface area contributed by atoms with Crippen molar-refractivity contribution in [3.63, 3.8) is 0 Å². The first-order valence-electron chi connectivity index (χ1n) is 12.9. The Morgan fingerprint density at radius 3 is 1.05 bits per heavy atom. The maximum atomic E-state index is 11.0. The Morgan fingerprint density at radius 2 is 0.857 bits per heavy atom. The van der Waals surface area contributed by atoms with E-state index in [2.05, 4.69) is 5.32 Å². The molecule has 245 valence electrons. The molecule has 1 rings (SSSR count). The van der Waals surface area contributed by atoms with E-state index >= 15 is 0 Å². The molecule has 1 fully saturated rings. The molecule has 19 heteroatoms. The van der Waals surface area contributed by atoms with Gasteiger partial charge in [-0.25, -0.2) is 0 Å². The molecule has 1 saturated heterocycles. The molecule has 0 aromatic carbocycles. The first-order chi connectivity index (χ1) is 19.2. The van der Waals surface area contributed by atoms with Gasteiger partial charge < -0.3 is 70.5 Å². The molecular weight excluding hydrogens is 712 g/mol. The summed E-state index contributed by atoms with van der Waals surface area (Å²) in [4.78, 5) is 49.9. The molecule has 1 aliphatic rings. The average Bonchev–Trinajstić information content (AvgIpc) is 2.88. The van der Waals surface area contributed by atoms with Crippen LogP contribution in [0.4, 0.5) is 0 Å². The number of carboxylic acids is 4. The number of hydrogen-bond acceptors (Lipinski definition) is 18. The first-order valence-corrected chi connectivity index (χ1v) is 12.9. The summed E-state index contributed by atoms with van der Waals surface area (Å²) in [5.74, 6) is -5.20. The summed E-state index contributed by atoms with van der Waals surface area (Å²) in [5, 5.41) is 91.3. The number of nitrogens with zero attached hydrogens (tertiary/aromatic N) is 4. The van der Waals surface area contributed by atoms with Crippen molar-refractivity contribution in [3.8, 4) is 0 Å². The number of aliphatic carboxylic acids is 4. The number of carbonyl (C=O) groups is 4. The van der Waals surface area contributed by atoms with Crippen LogP contribution in [0, 0.1) is 39.9 Å². The Hall–Kier alpha value is -1.20. The van der Waals surface area contributed by atoms with E-state index in [0.717, 1.165) is 0 Å². The van der Waals surface area contributed by atoms with E-state index in [9.17, 15) is 44.7 Å². The van der Waals surface area contributed by atoms with E-state index in [1.54, 1.807) is 7.05 Å². The van der Waals surface area contributed by atoms with Crippen molar-refractivity contribution in [1.82, 2.24) is 24.9 Å². The van der Waals surface area contributed by atoms with Crippen LogP contribution in [-0.4, -0.2) is 192 Å². The summed E-state index contributed by atoms with van der Waals surface area (Å²) in [6.07, 6.45) is -5.65. The first kappa shape index (κ1) is 42.9. The molecule has 1 heterocycles. The van der Waals surface area contributed by atoms with Crippen molar-refractivity contribution in [2.75, 3.05) is 98.7 Å². The van der Waals surface area contributed by atoms with E-state index < -0.39 is 54.9 Å². The Bertz CT molecular complexity index is 695. The van der Waals surface area contributed by atoms with Gasteiger partial charge in [0.1, 0.15) is 18.3 Å². The van der Waals surface area contributed by atoms with Crippen LogP contribution in [-0.2, 0) is 19.2 Å². The summed E-state index contributed by atoms with van der Waals surface area (Å²) < 4.78 is 0. The monoisotopic (exact) mass is 754 g/mol. The van der Waals surface area contributed by atoms with Crippen molar-refractivity contribution >= 4 is 23.9 Å². The summed E-state index contributed by atoms with van der Waals surface area (Å²) >= 11 is 0.